The molecule has 0 heterocycles. The minimum absolute atomic E-state index is 1.08. The van der Waals surface area contributed by atoms with E-state index in [0.717, 1.165) is 6.42 Å². The monoisotopic (exact) mass is 253 g/mol. The van der Waals surface area contributed by atoms with Gasteiger partial charge in [-0.3, -0.25) is 0 Å². The fraction of sp³-hybridized carbons (Fsp3) is 0.368. The third-order valence-electron chi connectivity index (χ3n) is 2.93. The molecule has 0 spiro atoms. The number of allylic oxidation sites excluding steroid dienone is 12. The van der Waals surface area contributed by atoms with Crippen LogP contribution in [0.3, 0.4) is 0 Å². The van der Waals surface area contributed by atoms with Crippen molar-refractivity contribution in [1.29, 1.82) is 0 Å². The molecule has 0 atom stereocenters. The lowest BCUT2D eigenvalue weighted by Gasteiger charge is -1.97. The fourth-order valence-corrected chi connectivity index (χ4v) is 1.85. The molecule has 0 aromatic carbocycles. The van der Waals surface area contributed by atoms with E-state index in [-0.39, 0.29) is 0 Å². The molecular weight excluding hydrogens is 228 g/mol. The number of rotatable bonds is 0. The zero-order valence-electron chi connectivity index (χ0n) is 11.8. The van der Waals surface area contributed by atoms with Crippen LogP contribution in [0.1, 0.15) is 44.9 Å². The molecule has 0 fully saturated rings. The van der Waals surface area contributed by atoms with Crippen LogP contribution in [0.25, 0.3) is 0 Å². The molecule has 1 rings (SSSR count). The summed E-state index contributed by atoms with van der Waals surface area (Å²) in [6.45, 7) is 0. The average molecular weight is 253 g/mol. The predicted octanol–water partition coefficient (Wildman–Crippen LogP) is 5.87. The Hall–Kier alpha value is -1.56. The van der Waals surface area contributed by atoms with Gasteiger partial charge in [0.2, 0.25) is 0 Å². The second-order valence-corrected chi connectivity index (χ2v) is 4.64. The molecule has 0 aliphatic heterocycles. The molecule has 0 heteroatoms. The third-order valence-corrected chi connectivity index (χ3v) is 2.93. The van der Waals surface area contributed by atoms with Crippen molar-refractivity contribution >= 4 is 0 Å². The quantitative estimate of drug-likeness (QED) is 0.506. The van der Waals surface area contributed by atoms with Gasteiger partial charge in [-0.15, -0.1) is 0 Å². The summed E-state index contributed by atoms with van der Waals surface area (Å²) in [5.41, 5.74) is 0. The van der Waals surface area contributed by atoms with E-state index in [1.54, 1.807) is 0 Å². The first-order chi connectivity index (χ1) is 9.50. The predicted molar refractivity (Wildman–Crippen MR) is 85.8 cm³/mol. The molecule has 19 heavy (non-hydrogen) atoms. The van der Waals surface area contributed by atoms with Crippen LogP contribution in [-0.4, -0.2) is 0 Å². The van der Waals surface area contributed by atoms with Crippen molar-refractivity contribution in [3.63, 3.8) is 0 Å². The summed E-state index contributed by atoms with van der Waals surface area (Å²) < 4.78 is 0. The van der Waals surface area contributed by atoms with E-state index in [4.69, 9.17) is 0 Å². The van der Waals surface area contributed by atoms with Crippen LogP contribution in [0.2, 0.25) is 0 Å². The maximum Gasteiger partial charge on any atom is -0.0276 e. The minimum atomic E-state index is 1.08. The summed E-state index contributed by atoms with van der Waals surface area (Å²) >= 11 is 0. The zero-order chi connectivity index (χ0) is 13.4. The van der Waals surface area contributed by atoms with E-state index in [2.05, 4.69) is 30.4 Å². The highest BCUT2D eigenvalue weighted by Gasteiger charge is 1.88. The van der Waals surface area contributed by atoms with Crippen molar-refractivity contribution in [2.24, 2.45) is 0 Å². The molecule has 0 aromatic rings. The Bertz CT molecular complexity index is 325. The van der Waals surface area contributed by atoms with Gasteiger partial charge < -0.3 is 0 Å². The van der Waals surface area contributed by atoms with Crippen molar-refractivity contribution in [2.45, 2.75) is 44.9 Å². The summed E-state index contributed by atoms with van der Waals surface area (Å²) in [7, 11) is 0. The van der Waals surface area contributed by atoms with Crippen LogP contribution < -0.4 is 0 Å². The van der Waals surface area contributed by atoms with Gasteiger partial charge in [0.25, 0.3) is 0 Å². The Kier molecular flexibility index (Phi) is 10.5. The number of hydrogen-bond acceptors (Lipinski definition) is 0. The molecule has 101 valence electrons. The van der Waals surface area contributed by atoms with Crippen LogP contribution in [0.5, 0.6) is 0 Å². The maximum absolute atomic E-state index is 3.31. The zero-order valence-corrected chi connectivity index (χ0v) is 11.8. The molecule has 1 aliphatic carbocycles. The molecule has 0 nitrogen and oxygen atoms in total. The minimum Gasteiger partial charge on any atom is -0.0845 e. The van der Waals surface area contributed by atoms with Crippen LogP contribution >= 0.6 is 0 Å². The van der Waals surface area contributed by atoms with Crippen molar-refractivity contribution in [3.8, 4) is 0 Å². The van der Waals surface area contributed by atoms with E-state index in [9.17, 15) is 0 Å². The Labute approximate surface area is 118 Å². The second-order valence-electron chi connectivity index (χ2n) is 4.64. The summed E-state index contributed by atoms with van der Waals surface area (Å²) in [6, 6.07) is 0. The van der Waals surface area contributed by atoms with E-state index in [1.807, 2.05) is 42.5 Å². The SMILES string of the molecule is [C]1=C/C=C/C=C/C=C\C=C\C=C\CCCCCCC/1. The van der Waals surface area contributed by atoms with E-state index in [0.29, 0.717) is 0 Å². The molecule has 0 aromatic heterocycles. The Balaban J connectivity index is 2.40. The van der Waals surface area contributed by atoms with Gasteiger partial charge in [0.1, 0.15) is 0 Å². The lowest BCUT2D eigenvalue weighted by Crippen LogP contribution is -1.78. The van der Waals surface area contributed by atoms with Gasteiger partial charge in [-0.1, -0.05) is 86.1 Å². The largest absolute Gasteiger partial charge is 0.0845 e. The highest BCUT2D eigenvalue weighted by molar-refractivity contribution is 5.19. The van der Waals surface area contributed by atoms with E-state index in [1.165, 1.54) is 38.5 Å². The molecule has 0 bridgehead atoms. The lowest BCUT2D eigenvalue weighted by atomic mass is 10.1. The highest BCUT2D eigenvalue weighted by Crippen LogP contribution is 2.07. The fourth-order valence-electron chi connectivity index (χ4n) is 1.85. The summed E-state index contributed by atoms with van der Waals surface area (Å²) in [5, 5.41) is 0. The van der Waals surface area contributed by atoms with E-state index < -0.39 is 0 Å². The molecule has 0 saturated carbocycles. The van der Waals surface area contributed by atoms with Gasteiger partial charge >= 0.3 is 0 Å². The van der Waals surface area contributed by atoms with Crippen LogP contribution in [0.4, 0.5) is 0 Å². The van der Waals surface area contributed by atoms with Gasteiger partial charge in [0.15, 0.2) is 0 Å². The molecular formula is C19H25. The van der Waals surface area contributed by atoms with Crippen LogP contribution in [-0.2, 0) is 0 Å². The maximum atomic E-state index is 3.31. The van der Waals surface area contributed by atoms with Gasteiger partial charge in [-0.2, -0.15) is 0 Å². The van der Waals surface area contributed by atoms with Gasteiger partial charge in [-0.05, 0) is 31.8 Å². The first-order valence-electron chi connectivity index (χ1n) is 7.38. The normalized spacial score (nSPS) is 29.1. The lowest BCUT2D eigenvalue weighted by molar-refractivity contribution is 0.619. The van der Waals surface area contributed by atoms with Gasteiger partial charge in [0.05, 0.1) is 0 Å². The Morgan fingerprint density at radius 3 is 1.89 bits per heavy atom. The first-order valence-corrected chi connectivity index (χ1v) is 7.38. The van der Waals surface area contributed by atoms with E-state index >= 15 is 0 Å². The summed E-state index contributed by atoms with van der Waals surface area (Å²) in [4.78, 5) is 0. The highest BCUT2D eigenvalue weighted by atomic mass is 13.9. The molecule has 1 radical (unpaired) electrons. The second kappa shape index (κ2) is 12.9. The summed E-state index contributed by atoms with van der Waals surface area (Å²) in [6.07, 6.45) is 35.0. The van der Waals surface area contributed by atoms with Crippen molar-refractivity contribution in [1.82, 2.24) is 0 Å². The van der Waals surface area contributed by atoms with Crippen molar-refractivity contribution in [2.75, 3.05) is 0 Å². The molecule has 0 saturated heterocycles. The van der Waals surface area contributed by atoms with Crippen molar-refractivity contribution in [3.05, 3.63) is 72.9 Å². The van der Waals surface area contributed by atoms with Gasteiger partial charge in [0, 0.05) is 0 Å². The topological polar surface area (TPSA) is 0 Å². The molecule has 0 unspecified atom stereocenters. The summed E-state index contributed by atoms with van der Waals surface area (Å²) in [5.74, 6) is 0. The molecule has 1 aliphatic rings. The Morgan fingerprint density at radius 1 is 0.526 bits per heavy atom. The van der Waals surface area contributed by atoms with Gasteiger partial charge in [-0.25, -0.2) is 0 Å². The Morgan fingerprint density at radius 2 is 1.11 bits per heavy atom. The number of hydrogen-bond donors (Lipinski definition) is 0. The standard InChI is InChI=1S/C19H25/c1-2-4-6-8-10-12-14-16-18-19-17-15-13-11-9-7-5-3-1/h1-11H,12,14-19H2/b2-1-,5-3+,6-4+,9-7+,10-8+,13-11?. The molecule has 0 N–H and O–H groups in total. The van der Waals surface area contributed by atoms with Crippen LogP contribution in [0, 0.1) is 6.08 Å². The first kappa shape index (κ1) is 15.5. The third kappa shape index (κ3) is 11.3. The molecule has 0 amide bonds. The smallest absolute Gasteiger partial charge is 0.0276 e. The van der Waals surface area contributed by atoms with Crippen LogP contribution in [0.15, 0.2) is 66.8 Å². The van der Waals surface area contributed by atoms with Crippen molar-refractivity contribution < 1.29 is 0 Å². The average Bonchev–Trinajstić information content (AvgIpc) is 2.43.